The first kappa shape index (κ1) is 9.54. The minimum Gasteiger partial charge on any atom is -0.369 e. The highest BCUT2D eigenvalue weighted by Crippen LogP contribution is 2.15. The van der Waals surface area contributed by atoms with Gasteiger partial charge in [-0.15, -0.1) is 0 Å². The number of hydrogen-bond acceptors (Lipinski definition) is 2. The molecule has 1 aromatic carbocycles. The van der Waals surface area contributed by atoms with Gasteiger partial charge in [-0.2, -0.15) is 0 Å². The van der Waals surface area contributed by atoms with Crippen molar-refractivity contribution in [1.82, 2.24) is 5.01 Å². The molecule has 1 atom stereocenters. The molecule has 0 aliphatic rings. The van der Waals surface area contributed by atoms with E-state index < -0.39 is 0 Å². The molecule has 0 aromatic heterocycles. The second-order valence-corrected chi connectivity index (χ2v) is 2.88. The molecule has 0 saturated heterocycles. The van der Waals surface area contributed by atoms with Gasteiger partial charge in [0.2, 0.25) is 5.96 Å². The summed E-state index contributed by atoms with van der Waals surface area (Å²) in [7, 11) is 0. The van der Waals surface area contributed by atoms with Gasteiger partial charge < -0.3 is 5.73 Å². The number of rotatable bonds is 2. The van der Waals surface area contributed by atoms with Gasteiger partial charge in [0.25, 0.3) is 0 Å². The van der Waals surface area contributed by atoms with Crippen LogP contribution in [0.2, 0.25) is 0 Å². The Kier molecular flexibility index (Phi) is 2.87. The van der Waals surface area contributed by atoms with E-state index in [0.717, 1.165) is 5.56 Å². The van der Waals surface area contributed by atoms with E-state index in [0.29, 0.717) is 0 Å². The third kappa shape index (κ3) is 2.19. The van der Waals surface area contributed by atoms with E-state index in [1.165, 1.54) is 5.01 Å². The van der Waals surface area contributed by atoms with Gasteiger partial charge in [0.05, 0.1) is 6.04 Å². The normalized spacial score (nSPS) is 12.2. The summed E-state index contributed by atoms with van der Waals surface area (Å²) >= 11 is 0. The van der Waals surface area contributed by atoms with Crippen LogP contribution in [-0.4, -0.2) is 11.0 Å². The van der Waals surface area contributed by atoms with Crippen LogP contribution in [0.4, 0.5) is 0 Å². The second kappa shape index (κ2) is 3.91. The van der Waals surface area contributed by atoms with E-state index in [9.17, 15) is 0 Å². The first-order chi connectivity index (χ1) is 6.13. The smallest absolute Gasteiger partial charge is 0.203 e. The number of guanidine groups is 1. The molecule has 0 fully saturated rings. The third-order valence-electron chi connectivity index (χ3n) is 1.98. The minimum atomic E-state index is -0.128. The minimum absolute atomic E-state index is 0.0706. The molecule has 0 aliphatic carbocycles. The largest absolute Gasteiger partial charge is 0.369 e. The molecule has 70 valence electrons. The van der Waals surface area contributed by atoms with Crippen LogP contribution in [0.1, 0.15) is 18.5 Å². The van der Waals surface area contributed by atoms with Crippen molar-refractivity contribution < 1.29 is 0 Å². The maximum absolute atomic E-state index is 7.16. The summed E-state index contributed by atoms with van der Waals surface area (Å²) < 4.78 is 0. The number of hydrogen-bond donors (Lipinski definition) is 3. The molecule has 0 aliphatic heterocycles. The first-order valence-corrected chi connectivity index (χ1v) is 4.06. The van der Waals surface area contributed by atoms with Crippen molar-refractivity contribution in [3.05, 3.63) is 35.9 Å². The summed E-state index contributed by atoms with van der Waals surface area (Å²) in [6.45, 7) is 1.90. The summed E-state index contributed by atoms with van der Waals surface area (Å²) in [6.07, 6.45) is 0. The quantitative estimate of drug-likeness (QED) is 0.271. The fourth-order valence-electron chi connectivity index (χ4n) is 1.10. The summed E-state index contributed by atoms with van der Waals surface area (Å²) in [6, 6.07) is 9.63. The van der Waals surface area contributed by atoms with Crippen LogP contribution in [0.15, 0.2) is 30.3 Å². The summed E-state index contributed by atoms with van der Waals surface area (Å²) in [5, 5.41) is 8.39. The SMILES string of the molecule is CC(c1ccccc1)N(N)C(=N)N. The van der Waals surface area contributed by atoms with Crippen molar-refractivity contribution in [2.75, 3.05) is 0 Å². The van der Waals surface area contributed by atoms with Crippen molar-refractivity contribution in [1.29, 1.82) is 5.41 Å². The maximum atomic E-state index is 7.16. The fourth-order valence-corrected chi connectivity index (χ4v) is 1.10. The van der Waals surface area contributed by atoms with Gasteiger partial charge >= 0.3 is 0 Å². The van der Waals surface area contributed by atoms with E-state index in [1.807, 2.05) is 37.3 Å². The average molecular weight is 178 g/mol. The van der Waals surface area contributed by atoms with Gasteiger partial charge in [-0.25, -0.2) is 5.84 Å². The van der Waals surface area contributed by atoms with E-state index in [4.69, 9.17) is 17.0 Å². The lowest BCUT2D eigenvalue weighted by Crippen LogP contribution is -2.43. The Bertz CT molecular complexity index is 283. The van der Waals surface area contributed by atoms with Gasteiger partial charge in [0, 0.05) is 0 Å². The van der Waals surface area contributed by atoms with Crippen molar-refractivity contribution in [2.24, 2.45) is 11.6 Å². The van der Waals surface area contributed by atoms with Crippen molar-refractivity contribution in [3.8, 4) is 0 Å². The number of nitrogens with two attached hydrogens (primary N) is 2. The Hall–Kier alpha value is -1.55. The standard InChI is InChI=1S/C9H14N4/c1-7(13(12)9(10)11)8-5-3-2-4-6-8/h2-7H,12H2,1H3,(H3,10,11). The van der Waals surface area contributed by atoms with Crippen LogP contribution >= 0.6 is 0 Å². The van der Waals surface area contributed by atoms with Crippen molar-refractivity contribution >= 4 is 5.96 Å². The molecular weight excluding hydrogens is 164 g/mol. The van der Waals surface area contributed by atoms with Crippen LogP contribution in [0.5, 0.6) is 0 Å². The topological polar surface area (TPSA) is 79.1 Å². The van der Waals surface area contributed by atoms with Gasteiger partial charge in [0.15, 0.2) is 0 Å². The molecule has 0 spiro atoms. The van der Waals surface area contributed by atoms with Gasteiger partial charge in [-0.1, -0.05) is 30.3 Å². The number of nitrogens with zero attached hydrogens (tertiary/aromatic N) is 1. The monoisotopic (exact) mass is 178 g/mol. The molecule has 0 radical (unpaired) electrons. The van der Waals surface area contributed by atoms with E-state index in [2.05, 4.69) is 0 Å². The highest BCUT2D eigenvalue weighted by atomic mass is 15.5. The molecule has 4 nitrogen and oxygen atoms in total. The highest BCUT2D eigenvalue weighted by molar-refractivity contribution is 5.74. The lowest BCUT2D eigenvalue weighted by Gasteiger charge is -2.24. The predicted octanol–water partition coefficient (Wildman–Crippen LogP) is 0.817. The fraction of sp³-hybridized carbons (Fsp3) is 0.222. The zero-order valence-corrected chi connectivity index (χ0v) is 7.57. The van der Waals surface area contributed by atoms with E-state index in [-0.39, 0.29) is 12.0 Å². The van der Waals surface area contributed by atoms with Crippen molar-refractivity contribution in [2.45, 2.75) is 13.0 Å². The maximum Gasteiger partial charge on any atom is 0.203 e. The third-order valence-corrected chi connectivity index (χ3v) is 1.98. The molecule has 13 heavy (non-hydrogen) atoms. The first-order valence-electron chi connectivity index (χ1n) is 4.06. The number of hydrazine groups is 1. The molecule has 1 aromatic rings. The number of nitrogens with one attached hydrogen (secondary N) is 1. The molecule has 0 bridgehead atoms. The summed E-state index contributed by atoms with van der Waals surface area (Å²) in [4.78, 5) is 0. The Morgan fingerprint density at radius 1 is 1.38 bits per heavy atom. The molecule has 1 rings (SSSR count). The van der Waals surface area contributed by atoms with Crippen LogP contribution < -0.4 is 11.6 Å². The molecule has 1 unspecified atom stereocenters. The van der Waals surface area contributed by atoms with Crippen LogP contribution in [-0.2, 0) is 0 Å². The van der Waals surface area contributed by atoms with Crippen molar-refractivity contribution in [3.63, 3.8) is 0 Å². The Morgan fingerprint density at radius 2 is 1.92 bits per heavy atom. The molecule has 5 N–H and O–H groups in total. The Balaban J connectivity index is 2.79. The van der Waals surface area contributed by atoms with Crippen LogP contribution in [0, 0.1) is 5.41 Å². The highest BCUT2D eigenvalue weighted by Gasteiger charge is 2.12. The Labute approximate surface area is 77.6 Å². The van der Waals surface area contributed by atoms with E-state index >= 15 is 0 Å². The van der Waals surface area contributed by atoms with Crippen LogP contribution in [0.25, 0.3) is 0 Å². The summed E-state index contributed by atoms with van der Waals surface area (Å²) in [5.74, 6) is 5.45. The predicted molar refractivity (Wildman–Crippen MR) is 52.8 cm³/mol. The lowest BCUT2D eigenvalue weighted by molar-refractivity contribution is 0.343. The van der Waals surface area contributed by atoms with Gasteiger partial charge in [-0.05, 0) is 12.5 Å². The molecular formula is C9H14N4. The zero-order valence-electron chi connectivity index (χ0n) is 7.57. The number of benzene rings is 1. The molecule has 0 heterocycles. The zero-order chi connectivity index (χ0) is 9.84. The van der Waals surface area contributed by atoms with Gasteiger partial charge in [-0.3, -0.25) is 10.4 Å². The average Bonchev–Trinajstić information content (AvgIpc) is 2.17. The van der Waals surface area contributed by atoms with Crippen LogP contribution in [0.3, 0.4) is 0 Å². The van der Waals surface area contributed by atoms with Gasteiger partial charge in [0.1, 0.15) is 0 Å². The molecule has 0 saturated carbocycles. The lowest BCUT2D eigenvalue weighted by atomic mass is 10.1. The molecule has 0 amide bonds. The summed E-state index contributed by atoms with van der Waals surface area (Å²) in [5.41, 5.74) is 6.30. The molecule has 4 heteroatoms. The Morgan fingerprint density at radius 3 is 2.38 bits per heavy atom. The second-order valence-electron chi connectivity index (χ2n) is 2.88. The van der Waals surface area contributed by atoms with E-state index in [1.54, 1.807) is 0 Å².